The molecule has 0 saturated carbocycles. The van der Waals surface area contributed by atoms with E-state index in [4.69, 9.17) is 0 Å². The molecule has 76 heavy (non-hydrogen) atoms. The van der Waals surface area contributed by atoms with Crippen LogP contribution < -0.4 is 0 Å². The van der Waals surface area contributed by atoms with Gasteiger partial charge in [-0.3, -0.25) is 0 Å². The molecule has 0 aliphatic rings. The molecule has 352 valence electrons. The van der Waals surface area contributed by atoms with Gasteiger partial charge in [0.15, 0.2) is 0 Å². The molecule has 0 radical (unpaired) electrons. The zero-order chi connectivity index (χ0) is 49.6. The standard InChI is InChI=1S/C72H42N2S2/c1-3-17-47(18-4-1)73-61-39-35-45(41-59(61)65-53-23-9-11-25-55(53)67-57-27-13-15-29-63(57)75-71(67)69(65)73)43-31-33-44(34-32-43)49-37-38-50(52-22-8-7-21-51(49)52)46-36-40-62-60(42-46)66-54-24-10-12-26-56(54)68-58-28-14-16-30-64(58)76-72(68)70(66)74(62)48-19-5-2-6-20-48/h1-42H. The first-order chi connectivity index (χ1) is 37.7. The van der Waals surface area contributed by atoms with Crippen molar-refractivity contribution in [3.8, 4) is 44.8 Å². The second-order valence-electron chi connectivity index (χ2n) is 20.2. The van der Waals surface area contributed by atoms with Gasteiger partial charge in [0.1, 0.15) is 0 Å². The Balaban J connectivity index is 0.815. The zero-order valence-electron chi connectivity index (χ0n) is 41.0. The van der Waals surface area contributed by atoms with Gasteiger partial charge in [-0.25, -0.2) is 0 Å². The van der Waals surface area contributed by atoms with E-state index >= 15 is 0 Å². The summed E-state index contributed by atoms with van der Waals surface area (Å²) in [5, 5.41) is 18.1. The lowest BCUT2D eigenvalue weighted by molar-refractivity contribution is 1.19. The topological polar surface area (TPSA) is 9.86 Å². The first kappa shape index (κ1) is 42.1. The van der Waals surface area contributed by atoms with Crippen molar-refractivity contribution in [3.05, 3.63) is 255 Å². The monoisotopic (exact) mass is 998 g/mol. The molecule has 0 atom stereocenters. The van der Waals surface area contributed by atoms with Crippen molar-refractivity contribution in [1.82, 2.24) is 9.13 Å². The van der Waals surface area contributed by atoms with E-state index in [0.717, 1.165) is 0 Å². The molecule has 4 heteroatoms. The molecule has 17 aromatic rings. The lowest BCUT2D eigenvalue weighted by atomic mass is 9.90. The first-order valence-corrected chi connectivity index (χ1v) is 27.7. The molecular weight excluding hydrogens is 957 g/mol. The Morgan fingerprint density at radius 3 is 1.08 bits per heavy atom. The van der Waals surface area contributed by atoms with Gasteiger partial charge in [0.25, 0.3) is 0 Å². The van der Waals surface area contributed by atoms with Gasteiger partial charge in [-0.15, -0.1) is 22.7 Å². The highest BCUT2D eigenvalue weighted by atomic mass is 32.1. The summed E-state index contributed by atoms with van der Waals surface area (Å²) >= 11 is 3.82. The van der Waals surface area contributed by atoms with Crippen LogP contribution in [0.3, 0.4) is 0 Å². The second-order valence-corrected chi connectivity index (χ2v) is 22.3. The van der Waals surface area contributed by atoms with E-state index in [1.54, 1.807) is 0 Å². The van der Waals surface area contributed by atoms with Gasteiger partial charge < -0.3 is 9.13 Å². The molecule has 0 N–H and O–H groups in total. The van der Waals surface area contributed by atoms with Crippen LogP contribution in [-0.4, -0.2) is 9.13 Å². The number of thiophene rings is 2. The third-order valence-corrected chi connectivity index (χ3v) is 18.6. The molecule has 0 saturated heterocycles. The highest BCUT2D eigenvalue weighted by Gasteiger charge is 2.25. The van der Waals surface area contributed by atoms with Crippen LogP contribution in [0.5, 0.6) is 0 Å². The number of rotatable bonds is 5. The van der Waals surface area contributed by atoms with Crippen LogP contribution in [0.25, 0.3) is 161 Å². The zero-order valence-corrected chi connectivity index (χ0v) is 42.6. The van der Waals surface area contributed by atoms with Crippen LogP contribution in [-0.2, 0) is 0 Å². The summed E-state index contributed by atoms with van der Waals surface area (Å²) in [6.45, 7) is 0. The predicted molar refractivity (Wildman–Crippen MR) is 330 cm³/mol. The average molecular weight is 999 g/mol. The lowest BCUT2D eigenvalue weighted by Gasteiger charge is -2.13. The van der Waals surface area contributed by atoms with E-state index in [-0.39, 0.29) is 0 Å². The fourth-order valence-electron chi connectivity index (χ4n) is 13.0. The number of aromatic nitrogens is 2. The molecular formula is C72H42N2S2. The summed E-state index contributed by atoms with van der Waals surface area (Å²) in [5.41, 5.74) is 14.6. The third kappa shape index (κ3) is 5.91. The van der Waals surface area contributed by atoms with Gasteiger partial charge in [0.2, 0.25) is 0 Å². The van der Waals surface area contributed by atoms with E-state index in [9.17, 15) is 0 Å². The molecule has 17 rings (SSSR count). The normalized spacial score (nSPS) is 12.2. The molecule has 13 aromatic carbocycles. The SMILES string of the molecule is c1ccc(-n2c3ccc(-c4ccc(-c5ccc(-c6ccc7c(c6)c6c8ccccc8c8c9ccccc9sc8c6n7-c6ccccc6)c6ccccc56)cc4)cc3c3c4ccccc4c4c5ccccc5sc4c32)cc1. The van der Waals surface area contributed by atoms with Gasteiger partial charge in [0.05, 0.1) is 31.5 Å². The number of hydrogen-bond donors (Lipinski definition) is 0. The average Bonchev–Trinajstić information content (AvgIpc) is 4.45. The van der Waals surface area contributed by atoms with Crippen LogP contribution in [0, 0.1) is 0 Å². The molecule has 0 fully saturated rings. The Morgan fingerprint density at radius 2 is 0.592 bits per heavy atom. The molecule has 0 aliphatic heterocycles. The third-order valence-electron chi connectivity index (χ3n) is 16.3. The second kappa shape index (κ2) is 16.1. The maximum absolute atomic E-state index is 2.51. The van der Waals surface area contributed by atoms with E-state index < -0.39 is 0 Å². The number of hydrogen-bond acceptors (Lipinski definition) is 2. The van der Waals surface area contributed by atoms with Crippen LogP contribution in [0.15, 0.2) is 255 Å². The summed E-state index contributed by atoms with van der Waals surface area (Å²) in [5.74, 6) is 0. The van der Waals surface area contributed by atoms with Crippen molar-refractivity contribution in [2.45, 2.75) is 0 Å². The number of benzene rings is 13. The van der Waals surface area contributed by atoms with Crippen LogP contribution in [0.4, 0.5) is 0 Å². The lowest BCUT2D eigenvalue weighted by Crippen LogP contribution is -1.93. The first-order valence-electron chi connectivity index (χ1n) is 26.1. The van der Waals surface area contributed by atoms with Gasteiger partial charge in [0, 0.05) is 63.9 Å². The van der Waals surface area contributed by atoms with Crippen molar-refractivity contribution >= 4 is 139 Å². The van der Waals surface area contributed by atoms with Crippen LogP contribution in [0.2, 0.25) is 0 Å². The molecule has 4 aromatic heterocycles. The predicted octanol–water partition coefficient (Wildman–Crippen LogP) is 21.1. The maximum Gasteiger partial charge on any atom is 0.0726 e. The fraction of sp³-hybridized carbons (Fsp3) is 0. The van der Waals surface area contributed by atoms with Gasteiger partial charge in [-0.05, 0) is 126 Å². The van der Waals surface area contributed by atoms with E-state index in [1.165, 1.54) is 161 Å². The molecule has 0 amide bonds. The summed E-state index contributed by atoms with van der Waals surface area (Å²) in [4.78, 5) is 0. The highest BCUT2D eigenvalue weighted by molar-refractivity contribution is 7.27. The minimum Gasteiger partial charge on any atom is -0.308 e. The van der Waals surface area contributed by atoms with Crippen molar-refractivity contribution in [2.24, 2.45) is 0 Å². The number of nitrogens with zero attached hydrogens (tertiary/aromatic N) is 2. The minimum atomic E-state index is 1.17. The van der Waals surface area contributed by atoms with Crippen LogP contribution >= 0.6 is 22.7 Å². The van der Waals surface area contributed by atoms with Crippen molar-refractivity contribution in [1.29, 1.82) is 0 Å². The summed E-state index contributed by atoms with van der Waals surface area (Å²) in [6.07, 6.45) is 0. The Hall–Kier alpha value is -9.32. The smallest absolute Gasteiger partial charge is 0.0726 e. The fourth-order valence-corrected chi connectivity index (χ4v) is 15.6. The highest BCUT2D eigenvalue weighted by Crippen LogP contribution is 2.51. The van der Waals surface area contributed by atoms with Crippen molar-refractivity contribution < 1.29 is 0 Å². The van der Waals surface area contributed by atoms with E-state index in [0.29, 0.717) is 0 Å². The number of para-hydroxylation sites is 2. The largest absolute Gasteiger partial charge is 0.308 e. The maximum atomic E-state index is 2.51. The Bertz CT molecular complexity index is 5270. The van der Waals surface area contributed by atoms with E-state index in [2.05, 4.69) is 264 Å². The summed E-state index contributed by atoms with van der Waals surface area (Å²) in [6, 6.07) is 94.8. The minimum absolute atomic E-state index is 1.17. The molecule has 0 spiro atoms. The van der Waals surface area contributed by atoms with Crippen molar-refractivity contribution in [2.75, 3.05) is 0 Å². The molecule has 2 nitrogen and oxygen atoms in total. The van der Waals surface area contributed by atoms with Crippen molar-refractivity contribution in [3.63, 3.8) is 0 Å². The van der Waals surface area contributed by atoms with Crippen LogP contribution in [0.1, 0.15) is 0 Å². The Morgan fingerprint density at radius 1 is 0.237 bits per heavy atom. The molecule has 0 unspecified atom stereocenters. The summed E-state index contributed by atoms with van der Waals surface area (Å²) in [7, 11) is 0. The molecule has 0 aliphatic carbocycles. The van der Waals surface area contributed by atoms with Gasteiger partial charge in [-0.2, -0.15) is 0 Å². The molecule has 0 bridgehead atoms. The van der Waals surface area contributed by atoms with Gasteiger partial charge in [-0.1, -0.05) is 194 Å². The number of fused-ring (bicyclic) bond motifs is 21. The van der Waals surface area contributed by atoms with E-state index in [1.807, 2.05) is 22.7 Å². The Kier molecular flexibility index (Phi) is 8.91. The quantitative estimate of drug-likeness (QED) is 0.163. The molecule has 4 heterocycles. The summed E-state index contributed by atoms with van der Waals surface area (Å²) < 4.78 is 10.3. The van der Waals surface area contributed by atoms with Gasteiger partial charge >= 0.3 is 0 Å². The Labute approximate surface area is 444 Å².